The van der Waals surface area contributed by atoms with Crippen molar-refractivity contribution in [3.63, 3.8) is 0 Å². The lowest BCUT2D eigenvalue weighted by Crippen LogP contribution is -2.37. The first-order valence-corrected chi connectivity index (χ1v) is 7.22. The molecule has 2 aliphatic carbocycles. The standard InChI is InChI=1S/C14H25NO3/c1-17-8-9-18-15-14(16)13-7-6-11-4-2-3-5-12(11)10-13/h11-13H,2-10H2,1H3,(H,15,16). The van der Waals surface area contributed by atoms with Crippen molar-refractivity contribution in [2.24, 2.45) is 17.8 Å². The zero-order chi connectivity index (χ0) is 12.8. The van der Waals surface area contributed by atoms with E-state index in [-0.39, 0.29) is 11.8 Å². The van der Waals surface area contributed by atoms with Crippen molar-refractivity contribution in [1.29, 1.82) is 0 Å². The Morgan fingerprint density at radius 3 is 2.67 bits per heavy atom. The van der Waals surface area contributed by atoms with Gasteiger partial charge in [0.2, 0.25) is 5.91 Å². The molecule has 104 valence electrons. The van der Waals surface area contributed by atoms with E-state index in [1.165, 1.54) is 32.1 Å². The number of hydrogen-bond acceptors (Lipinski definition) is 3. The van der Waals surface area contributed by atoms with Crippen LogP contribution >= 0.6 is 0 Å². The van der Waals surface area contributed by atoms with Gasteiger partial charge in [-0.15, -0.1) is 0 Å². The zero-order valence-corrected chi connectivity index (χ0v) is 11.3. The Morgan fingerprint density at radius 1 is 1.11 bits per heavy atom. The van der Waals surface area contributed by atoms with Crippen molar-refractivity contribution in [1.82, 2.24) is 5.48 Å². The molecule has 2 saturated carbocycles. The number of amides is 1. The molecule has 1 amide bonds. The van der Waals surface area contributed by atoms with E-state index >= 15 is 0 Å². The summed E-state index contributed by atoms with van der Waals surface area (Å²) < 4.78 is 4.86. The van der Waals surface area contributed by atoms with Gasteiger partial charge in [-0.3, -0.25) is 9.63 Å². The SMILES string of the molecule is COCCONC(=O)C1CCC2CCCCC2C1. The molecule has 0 radical (unpaired) electrons. The molecule has 0 aromatic heterocycles. The number of nitrogens with one attached hydrogen (secondary N) is 1. The second-order valence-electron chi connectivity index (χ2n) is 5.62. The van der Waals surface area contributed by atoms with Crippen molar-refractivity contribution in [2.45, 2.75) is 44.9 Å². The van der Waals surface area contributed by atoms with Crippen LogP contribution in [0.3, 0.4) is 0 Å². The maximum absolute atomic E-state index is 12.0. The molecule has 1 N–H and O–H groups in total. The van der Waals surface area contributed by atoms with Crippen molar-refractivity contribution >= 4 is 5.91 Å². The van der Waals surface area contributed by atoms with Crippen LogP contribution < -0.4 is 5.48 Å². The Labute approximate surface area is 109 Å². The molecule has 18 heavy (non-hydrogen) atoms. The van der Waals surface area contributed by atoms with Crippen LogP contribution in [-0.2, 0) is 14.4 Å². The van der Waals surface area contributed by atoms with Gasteiger partial charge in [-0.05, 0) is 31.1 Å². The molecule has 0 spiro atoms. The average Bonchev–Trinajstić information content (AvgIpc) is 2.43. The van der Waals surface area contributed by atoms with Crippen LogP contribution in [0.25, 0.3) is 0 Å². The largest absolute Gasteiger partial charge is 0.382 e. The maximum atomic E-state index is 12.0. The Kier molecular flexibility index (Phi) is 5.45. The maximum Gasteiger partial charge on any atom is 0.246 e. The highest BCUT2D eigenvalue weighted by Crippen LogP contribution is 2.42. The first kappa shape index (κ1) is 13.8. The molecule has 0 aliphatic heterocycles. The van der Waals surface area contributed by atoms with E-state index in [4.69, 9.17) is 9.57 Å². The molecule has 4 nitrogen and oxygen atoms in total. The van der Waals surface area contributed by atoms with E-state index in [2.05, 4.69) is 5.48 Å². The first-order chi connectivity index (χ1) is 8.81. The van der Waals surface area contributed by atoms with Gasteiger partial charge in [-0.25, -0.2) is 5.48 Å². The molecule has 0 bridgehead atoms. The Morgan fingerprint density at radius 2 is 1.89 bits per heavy atom. The minimum absolute atomic E-state index is 0.0649. The fourth-order valence-corrected chi connectivity index (χ4v) is 3.44. The van der Waals surface area contributed by atoms with Gasteiger partial charge in [-0.2, -0.15) is 0 Å². The average molecular weight is 255 g/mol. The van der Waals surface area contributed by atoms with Crippen LogP contribution in [0.2, 0.25) is 0 Å². The Balaban J connectivity index is 1.71. The third-order valence-electron chi connectivity index (χ3n) is 4.47. The van der Waals surface area contributed by atoms with Crippen molar-refractivity contribution in [3.05, 3.63) is 0 Å². The molecule has 0 saturated heterocycles. The van der Waals surface area contributed by atoms with Gasteiger partial charge in [-0.1, -0.05) is 25.7 Å². The van der Waals surface area contributed by atoms with Gasteiger partial charge in [0.1, 0.15) is 0 Å². The summed E-state index contributed by atoms with van der Waals surface area (Å²) in [6, 6.07) is 0. The molecule has 0 aromatic carbocycles. The van der Waals surface area contributed by atoms with Gasteiger partial charge < -0.3 is 4.74 Å². The fraction of sp³-hybridized carbons (Fsp3) is 0.929. The van der Waals surface area contributed by atoms with Crippen molar-refractivity contribution < 1.29 is 14.4 Å². The normalized spacial score (nSPS) is 31.7. The number of methoxy groups -OCH3 is 1. The van der Waals surface area contributed by atoms with Gasteiger partial charge >= 0.3 is 0 Å². The summed E-state index contributed by atoms with van der Waals surface area (Å²) in [5.41, 5.74) is 2.56. The third kappa shape index (κ3) is 3.69. The smallest absolute Gasteiger partial charge is 0.246 e. The number of fused-ring (bicyclic) bond motifs is 1. The predicted molar refractivity (Wildman–Crippen MR) is 68.8 cm³/mol. The number of ether oxygens (including phenoxy) is 1. The molecular formula is C14H25NO3. The summed E-state index contributed by atoms with van der Waals surface area (Å²) >= 11 is 0. The highest BCUT2D eigenvalue weighted by atomic mass is 16.7. The lowest BCUT2D eigenvalue weighted by atomic mass is 9.67. The first-order valence-electron chi connectivity index (χ1n) is 7.22. The number of carbonyl (C=O) groups excluding carboxylic acids is 1. The Hall–Kier alpha value is -0.610. The fourth-order valence-electron chi connectivity index (χ4n) is 3.44. The van der Waals surface area contributed by atoms with E-state index in [0.717, 1.165) is 24.7 Å². The number of carbonyl (C=O) groups is 1. The lowest BCUT2D eigenvalue weighted by molar-refractivity contribution is -0.141. The molecule has 2 rings (SSSR count). The van der Waals surface area contributed by atoms with Crippen LogP contribution in [0.15, 0.2) is 0 Å². The van der Waals surface area contributed by atoms with Crippen LogP contribution in [0.5, 0.6) is 0 Å². The van der Waals surface area contributed by atoms with Crippen LogP contribution in [-0.4, -0.2) is 26.2 Å². The Bertz CT molecular complexity index is 270. The second-order valence-corrected chi connectivity index (χ2v) is 5.62. The van der Waals surface area contributed by atoms with Crippen LogP contribution in [0, 0.1) is 17.8 Å². The van der Waals surface area contributed by atoms with Gasteiger partial charge in [0.25, 0.3) is 0 Å². The molecule has 0 aromatic rings. The van der Waals surface area contributed by atoms with Crippen molar-refractivity contribution in [3.8, 4) is 0 Å². The molecular weight excluding hydrogens is 230 g/mol. The van der Waals surface area contributed by atoms with E-state index in [0.29, 0.717) is 13.2 Å². The minimum atomic E-state index is 0.0649. The number of hydroxylamine groups is 1. The molecule has 3 unspecified atom stereocenters. The van der Waals surface area contributed by atoms with Crippen molar-refractivity contribution in [2.75, 3.05) is 20.3 Å². The molecule has 0 heterocycles. The molecule has 4 heteroatoms. The summed E-state index contributed by atoms with van der Waals surface area (Å²) in [4.78, 5) is 17.1. The van der Waals surface area contributed by atoms with E-state index in [1.807, 2.05) is 0 Å². The van der Waals surface area contributed by atoms with Crippen LogP contribution in [0.1, 0.15) is 44.9 Å². The predicted octanol–water partition coefficient (Wildman–Crippen LogP) is 2.29. The van der Waals surface area contributed by atoms with E-state index in [1.54, 1.807) is 7.11 Å². The highest BCUT2D eigenvalue weighted by molar-refractivity contribution is 5.77. The topological polar surface area (TPSA) is 47.6 Å². The highest BCUT2D eigenvalue weighted by Gasteiger charge is 2.34. The minimum Gasteiger partial charge on any atom is -0.382 e. The summed E-state index contributed by atoms with van der Waals surface area (Å²) in [5, 5.41) is 0. The van der Waals surface area contributed by atoms with Gasteiger partial charge in [0.15, 0.2) is 0 Å². The van der Waals surface area contributed by atoms with E-state index < -0.39 is 0 Å². The zero-order valence-electron chi connectivity index (χ0n) is 11.3. The number of rotatable bonds is 5. The lowest BCUT2D eigenvalue weighted by Gasteiger charge is -2.38. The monoisotopic (exact) mass is 255 g/mol. The van der Waals surface area contributed by atoms with E-state index in [9.17, 15) is 4.79 Å². The second kappa shape index (κ2) is 7.10. The quantitative estimate of drug-likeness (QED) is 0.605. The van der Waals surface area contributed by atoms with Gasteiger partial charge in [0, 0.05) is 13.0 Å². The molecule has 2 fully saturated rings. The summed E-state index contributed by atoms with van der Waals surface area (Å²) in [5.74, 6) is 1.89. The molecule has 3 atom stereocenters. The summed E-state index contributed by atoms with van der Waals surface area (Å²) in [6.07, 6.45) is 8.74. The van der Waals surface area contributed by atoms with Gasteiger partial charge in [0.05, 0.1) is 13.2 Å². The van der Waals surface area contributed by atoms with Crippen LogP contribution in [0.4, 0.5) is 0 Å². The third-order valence-corrected chi connectivity index (χ3v) is 4.47. The molecule has 2 aliphatic rings. The summed E-state index contributed by atoms with van der Waals surface area (Å²) in [6.45, 7) is 0.927. The number of hydrogen-bond donors (Lipinski definition) is 1. The summed E-state index contributed by atoms with van der Waals surface area (Å²) in [7, 11) is 1.62.